The second kappa shape index (κ2) is 7.81. The quantitative estimate of drug-likeness (QED) is 0.842. The molecule has 1 aromatic rings. The van der Waals surface area contributed by atoms with E-state index in [1.54, 1.807) is 6.07 Å². The average Bonchev–Trinajstić information content (AvgIpc) is 2.47. The van der Waals surface area contributed by atoms with E-state index in [1.807, 2.05) is 19.1 Å². The maximum absolute atomic E-state index is 12.1. The number of piperidine rings is 1. The van der Waals surface area contributed by atoms with Crippen LogP contribution in [0.3, 0.4) is 0 Å². The van der Waals surface area contributed by atoms with Crippen LogP contribution in [0.5, 0.6) is 0 Å². The zero-order valence-corrected chi connectivity index (χ0v) is 13.7. The molecule has 1 aliphatic rings. The molecule has 4 heteroatoms. The molecule has 21 heavy (non-hydrogen) atoms. The van der Waals surface area contributed by atoms with Gasteiger partial charge in [0.05, 0.1) is 10.6 Å². The number of carbonyl (C=O) groups is 1. The van der Waals surface area contributed by atoms with E-state index in [2.05, 4.69) is 17.1 Å². The lowest BCUT2D eigenvalue weighted by Gasteiger charge is -2.33. The lowest BCUT2D eigenvalue weighted by atomic mass is 10.0. The van der Waals surface area contributed by atoms with Crippen molar-refractivity contribution in [2.24, 2.45) is 0 Å². The Morgan fingerprint density at radius 1 is 1.43 bits per heavy atom. The molecule has 1 N–H and O–H groups in total. The second-order valence-corrected chi connectivity index (χ2v) is 6.38. The van der Waals surface area contributed by atoms with Crippen molar-refractivity contribution in [2.75, 3.05) is 19.6 Å². The minimum Gasteiger partial charge on any atom is -0.352 e. The molecule has 1 fully saturated rings. The van der Waals surface area contributed by atoms with Crippen LogP contribution in [0.4, 0.5) is 0 Å². The molecule has 1 heterocycles. The van der Waals surface area contributed by atoms with E-state index in [0.29, 0.717) is 23.2 Å². The molecule has 1 unspecified atom stereocenters. The molecular weight excluding hydrogens is 284 g/mol. The largest absolute Gasteiger partial charge is 0.352 e. The molecule has 0 saturated carbocycles. The van der Waals surface area contributed by atoms with Crippen molar-refractivity contribution in [1.82, 2.24) is 10.2 Å². The predicted molar refractivity (Wildman–Crippen MR) is 88.0 cm³/mol. The third-order valence-corrected chi connectivity index (χ3v) is 4.54. The standard InChI is InChI=1S/C17H25ClN2O/c1-13-7-8-16(18)15(12-13)17(21)19-9-5-11-20-10-4-3-6-14(20)2/h7-8,12,14H,3-6,9-11H2,1-2H3,(H,19,21). The number of hydrogen-bond donors (Lipinski definition) is 1. The number of nitrogens with zero attached hydrogens (tertiary/aromatic N) is 1. The summed E-state index contributed by atoms with van der Waals surface area (Å²) in [4.78, 5) is 14.6. The van der Waals surface area contributed by atoms with Crippen LogP contribution >= 0.6 is 11.6 Å². The molecule has 1 saturated heterocycles. The van der Waals surface area contributed by atoms with Gasteiger partial charge in [0.2, 0.25) is 0 Å². The SMILES string of the molecule is Cc1ccc(Cl)c(C(=O)NCCCN2CCCCC2C)c1. The highest BCUT2D eigenvalue weighted by Gasteiger charge is 2.17. The first-order valence-electron chi connectivity index (χ1n) is 7.86. The third kappa shape index (κ3) is 4.72. The van der Waals surface area contributed by atoms with Gasteiger partial charge in [-0.25, -0.2) is 0 Å². The van der Waals surface area contributed by atoms with Crippen LogP contribution in [0, 0.1) is 6.92 Å². The van der Waals surface area contributed by atoms with Crippen LogP contribution in [0.15, 0.2) is 18.2 Å². The molecule has 3 nitrogen and oxygen atoms in total. The third-order valence-electron chi connectivity index (χ3n) is 4.21. The van der Waals surface area contributed by atoms with Crippen LogP contribution in [-0.2, 0) is 0 Å². The number of amides is 1. The van der Waals surface area contributed by atoms with E-state index in [4.69, 9.17) is 11.6 Å². The minimum absolute atomic E-state index is 0.0737. The molecule has 1 atom stereocenters. The number of hydrogen-bond acceptors (Lipinski definition) is 2. The summed E-state index contributed by atoms with van der Waals surface area (Å²) < 4.78 is 0. The van der Waals surface area contributed by atoms with Crippen molar-refractivity contribution in [3.8, 4) is 0 Å². The van der Waals surface area contributed by atoms with Gasteiger partial charge in [-0.1, -0.05) is 29.7 Å². The van der Waals surface area contributed by atoms with Gasteiger partial charge in [0, 0.05) is 19.1 Å². The maximum Gasteiger partial charge on any atom is 0.252 e. The van der Waals surface area contributed by atoms with Gasteiger partial charge in [0.15, 0.2) is 0 Å². The first-order valence-corrected chi connectivity index (χ1v) is 8.24. The van der Waals surface area contributed by atoms with Gasteiger partial charge in [0.1, 0.15) is 0 Å². The van der Waals surface area contributed by atoms with Gasteiger partial charge < -0.3 is 10.2 Å². The zero-order chi connectivity index (χ0) is 15.2. The molecule has 0 aliphatic carbocycles. The predicted octanol–water partition coefficient (Wildman–Crippen LogP) is 3.64. The smallest absolute Gasteiger partial charge is 0.252 e. The Morgan fingerprint density at radius 2 is 2.24 bits per heavy atom. The molecule has 1 amide bonds. The van der Waals surface area contributed by atoms with Crippen molar-refractivity contribution >= 4 is 17.5 Å². The molecule has 1 aliphatic heterocycles. The lowest BCUT2D eigenvalue weighted by Crippen LogP contribution is -2.39. The highest BCUT2D eigenvalue weighted by molar-refractivity contribution is 6.33. The summed E-state index contributed by atoms with van der Waals surface area (Å²) >= 11 is 6.08. The second-order valence-electron chi connectivity index (χ2n) is 5.97. The van der Waals surface area contributed by atoms with Crippen molar-refractivity contribution in [3.63, 3.8) is 0 Å². The molecule has 1 aromatic carbocycles. The summed E-state index contributed by atoms with van der Waals surface area (Å²) in [6.07, 6.45) is 4.93. The fourth-order valence-electron chi connectivity index (χ4n) is 2.88. The molecular formula is C17H25ClN2O. The zero-order valence-electron chi connectivity index (χ0n) is 13.0. The molecule has 0 bridgehead atoms. The van der Waals surface area contributed by atoms with E-state index in [1.165, 1.54) is 25.8 Å². The van der Waals surface area contributed by atoms with Gasteiger partial charge in [-0.3, -0.25) is 4.79 Å². The summed E-state index contributed by atoms with van der Waals surface area (Å²) in [5.74, 6) is -0.0737. The average molecular weight is 309 g/mol. The van der Waals surface area contributed by atoms with Crippen LogP contribution in [0.2, 0.25) is 5.02 Å². The highest BCUT2D eigenvalue weighted by Crippen LogP contribution is 2.18. The van der Waals surface area contributed by atoms with E-state index >= 15 is 0 Å². The first-order chi connectivity index (χ1) is 10.1. The van der Waals surface area contributed by atoms with Crippen molar-refractivity contribution in [1.29, 1.82) is 0 Å². The van der Waals surface area contributed by atoms with Gasteiger partial charge >= 0.3 is 0 Å². The van der Waals surface area contributed by atoms with E-state index in [0.717, 1.165) is 18.5 Å². The molecule has 116 valence electrons. The highest BCUT2D eigenvalue weighted by atomic mass is 35.5. The Labute approximate surface area is 132 Å². The maximum atomic E-state index is 12.1. The Balaban J connectivity index is 1.75. The Hall–Kier alpha value is -1.06. The first kappa shape index (κ1) is 16.3. The Bertz CT molecular complexity index is 490. The summed E-state index contributed by atoms with van der Waals surface area (Å²) in [7, 11) is 0. The fourth-order valence-corrected chi connectivity index (χ4v) is 3.09. The lowest BCUT2D eigenvalue weighted by molar-refractivity contribution is 0.0949. The number of likely N-dealkylation sites (tertiary alicyclic amines) is 1. The van der Waals surface area contributed by atoms with Crippen LogP contribution in [0.25, 0.3) is 0 Å². The number of nitrogens with one attached hydrogen (secondary N) is 1. The van der Waals surface area contributed by atoms with Gasteiger partial charge in [0.25, 0.3) is 5.91 Å². The summed E-state index contributed by atoms with van der Waals surface area (Å²) in [5, 5.41) is 3.49. The monoisotopic (exact) mass is 308 g/mol. The number of aryl methyl sites for hydroxylation is 1. The van der Waals surface area contributed by atoms with Crippen molar-refractivity contribution in [3.05, 3.63) is 34.3 Å². The summed E-state index contributed by atoms with van der Waals surface area (Å²) in [5.41, 5.74) is 1.62. The number of benzene rings is 1. The number of halogens is 1. The number of carbonyl (C=O) groups excluding carboxylic acids is 1. The van der Waals surface area contributed by atoms with Crippen molar-refractivity contribution in [2.45, 2.75) is 45.6 Å². The summed E-state index contributed by atoms with van der Waals surface area (Å²) in [6.45, 7) is 7.21. The Morgan fingerprint density at radius 3 is 3.00 bits per heavy atom. The van der Waals surface area contributed by atoms with E-state index in [9.17, 15) is 4.79 Å². The van der Waals surface area contributed by atoms with Crippen LogP contribution in [0.1, 0.15) is 48.5 Å². The van der Waals surface area contributed by atoms with E-state index in [-0.39, 0.29) is 5.91 Å². The molecule has 0 spiro atoms. The van der Waals surface area contributed by atoms with Gasteiger partial charge in [-0.05, 0) is 51.8 Å². The van der Waals surface area contributed by atoms with Gasteiger partial charge in [-0.15, -0.1) is 0 Å². The fraction of sp³-hybridized carbons (Fsp3) is 0.588. The molecule has 0 radical (unpaired) electrons. The minimum atomic E-state index is -0.0737. The van der Waals surface area contributed by atoms with Gasteiger partial charge in [-0.2, -0.15) is 0 Å². The van der Waals surface area contributed by atoms with Crippen LogP contribution < -0.4 is 5.32 Å². The Kier molecular flexibility index (Phi) is 6.07. The molecule has 2 rings (SSSR count). The normalized spacial score (nSPS) is 19.5. The summed E-state index contributed by atoms with van der Waals surface area (Å²) in [6, 6.07) is 6.21. The molecule has 0 aromatic heterocycles. The van der Waals surface area contributed by atoms with Crippen LogP contribution in [-0.4, -0.2) is 36.5 Å². The van der Waals surface area contributed by atoms with E-state index < -0.39 is 0 Å². The topological polar surface area (TPSA) is 32.3 Å². The van der Waals surface area contributed by atoms with Crippen molar-refractivity contribution < 1.29 is 4.79 Å². The number of rotatable bonds is 5.